The summed E-state index contributed by atoms with van der Waals surface area (Å²) in [5.74, 6) is 0.844. The number of benzene rings is 2. The van der Waals surface area contributed by atoms with Crippen LogP contribution in [0.15, 0.2) is 48.7 Å². The second-order valence-corrected chi connectivity index (χ2v) is 7.87. The lowest BCUT2D eigenvalue weighted by atomic mass is 9.89. The quantitative estimate of drug-likeness (QED) is 0.688. The number of nitrogens with one attached hydrogen (secondary N) is 1. The zero-order valence-corrected chi connectivity index (χ0v) is 16.3. The number of aryl methyl sites for hydroxylation is 3. The van der Waals surface area contributed by atoms with E-state index in [0.29, 0.717) is 18.2 Å². The molecule has 0 saturated carbocycles. The molecule has 1 saturated heterocycles. The van der Waals surface area contributed by atoms with Gasteiger partial charge in [0.05, 0.1) is 0 Å². The highest BCUT2D eigenvalue weighted by atomic mass is 16.2. The predicted molar refractivity (Wildman–Crippen MR) is 111 cm³/mol. The molecule has 1 aliphatic rings. The number of para-hydroxylation sites is 1. The predicted octanol–water partition coefficient (Wildman–Crippen LogP) is 5.12. The van der Waals surface area contributed by atoms with E-state index in [1.54, 1.807) is 0 Å². The normalized spacial score (nSPS) is 15.4. The van der Waals surface area contributed by atoms with Crippen LogP contribution in [0.4, 0.5) is 0 Å². The first-order valence-corrected chi connectivity index (χ1v) is 10.0. The molecule has 2 heterocycles. The highest BCUT2D eigenvalue weighted by Gasteiger charge is 2.25. The third kappa shape index (κ3) is 3.78. The Balaban J connectivity index is 1.34. The molecule has 0 aliphatic carbocycles. The van der Waals surface area contributed by atoms with E-state index >= 15 is 0 Å². The van der Waals surface area contributed by atoms with Gasteiger partial charge >= 0.3 is 0 Å². The van der Waals surface area contributed by atoms with E-state index in [1.807, 2.05) is 0 Å². The summed E-state index contributed by atoms with van der Waals surface area (Å²) in [4.78, 5) is 18.1. The van der Waals surface area contributed by atoms with Crippen LogP contribution in [0, 0.1) is 13.8 Å². The fourth-order valence-electron chi connectivity index (χ4n) is 4.40. The number of H-pyrrole nitrogens is 1. The summed E-state index contributed by atoms with van der Waals surface area (Å²) < 4.78 is 0. The molecule has 4 rings (SSSR count). The second-order valence-electron chi connectivity index (χ2n) is 7.87. The number of amides is 1. The Hall–Kier alpha value is -2.55. The molecule has 140 valence electrons. The van der Waals surface area contributed by atoms with Crippen molar-refractivity contribution in [3.05, 3.63) is 70.9 Å². The summed E-state index contributed by atoms with van der Waals surface area (Å²) in [6.07, 6.45) is 5.72. The first-order valence-electron chi connectivity index (χ1n) is 10.0. The minimum absolute atomic E-state index is 0.298. The van der Waals surface area contributed by atoms with Crippen LogP contribution in [0.3, 0.4) is 0 Å². The van der Waals surface area contributed by atoms with Crippen molar-refractivity contribution in [3.63, 3.8) is 0 Å². The first kappa shape index (κ1) is 17.8. The Bertz CT molecular complexity index is 948. The highest BCUT2D eigenvalue weighted by molar-refractivity contribution is 5.83. The van der Waals surface area contributed by atoms with Gasteiger partial charge in [-0.25, -0.2) is 0 Å². The van der Waals surface area contributed by atoms with Crippen LogP contribution in [0.2, 0.25) is 0 Å². The van der Waals surface area contributed by atoms with Crippen LogP contribution in [0.25, 0.3) is 10.9 Å². The molecule has 1 amide bonds. The maximum Gasteiger partial charge on any atom is 0.222 e. The summed E-state index contributed by atoms with van der Waals surface area (Å²) in [5, 5.41) is 1.33. The molecular weight excluding hydrogens is 332 g/mol. The van der Waals surface area contributed by atoms with Gasteiger partial charge in [0, 0.05) is 36.6 Å². The van der Waals surface area contributed by atoms with Crippen LogP contribution >= 0.6 is 0 Å². The number of hydrogen-bond acceptors (Lipinski definition) is 1. The molecule has 1 aliphatic heterocycles. The number of carbonyl (C=O) groups excluding carboxylic acids is 1. The number of fused-ring (bicyclic) bond motifs is 1. The van der Waals surface area contributed by atoms with E-state index in [-0.39, 0.29) is 0 Å². The van der Waals surface area contributed by atoms with E-state index in [2.05, 4.69) is 72.4 Å². The first-order chi connectivity index (χ1) is 13.1. The van der Waals surface area contributed by atoms with E-state index in [0.717, 1.165) is 32.4 Å². The minimum atomic E-state index is 0.298. The summed E-state index contributed by atoms with van der Waals surface area (Å²) >= 11 is 0. The zero-order valence-electron chi connectivity index (χ0n) is 16.3. The summed E-state index contributed by atoms with van der Waals surface area (Å²) in [7, 11) is 0. The van der Waals surface area contributed by atoms with Crippen molar-refractivity contribution in [1.29, 1.82) is 0 Å². The SMILES string of the molecule is Cc1ccc(CCC(=O)N2CCC(c3c[nH]c4ccccc34)CC2)c(C)c1. The third-order valence-corrected chi connectivity index (χ3v) is 6.02. The Morgan fingerprint density at radius 2 is 1.89 bits per heavy atom. The van der Waals surface area contributed by atoms with Crippen LogP contribution in [0.5, 0.6) is 0 Å². The molecule has 0 spiro atoms. The molecular formula is C24H28N2O. The molecule has 0 atom stereocenters. The van der Waals surface area contributed by atoms with Gasteiger partial charge in [0.15, 0.2) is 0 Å². The molecule has 1 aromatic heterocycles. The lowest BCUT2D eigenvalue weighted by molar-refractivity contribution is -0.132. The fourth-order valence-corrected chi connectivity index (χ4v) is 4.40. The van der Waals surface area contributed by atoms with Gasteiger partial charge in [-0.05, 0) is 61.8 Å². The number of nitrogens with zero attached hydrogens (tertiary/aromatic N) is 1. The molecule has 3 heteroatoms. The summed E-state index contributed by atoms with van der Waals surface area (Å²) in [6, 6.07) is 15.0. The lowest BCUT2D eigenvalue weighted by Crippen LogP contribution is -2.38. The molecule has 0 radical (unpaired) electrons. The number of rotatable bonds is 4. The maximum atomic E-state index is 12.7. The average Bonchev–Trinajstić information content (AvgIpc) is 3.11. The van der Waals surface area contributed by atoms with Crippen molar-refractivity contribution in [3.8, 4) is 0 Å². The Kier molecular flexibility index (Phi) is 5.02. The Morgan fingerprint density at radius 1 is 1.11 bits per heavy atom. The molecule has 27 heavy (non-hydrogen) atoms. The van der Waals surface area contributed by atoms with Crippen molar-refractivity contribution in [2.24, 2.45) is 0 Å². The molecule has 3 nitrogen and oxygen atoms in total. The van der Waals surface area contributed by atoms with E-state index < -0.39 is 0 Å². The molecule has 3 aromatic rings. The van der Waals surface area contributed by atoms with Gasteiger partial charge in [0.2, 0.25) is 5.91 Å². The number of hydrogen-bond donors (Lipinski definition) is 1. The van der Waals surface area contributed by atoms with E-state index in [1.165, 1.54) is 33.2 Å². The molecule has 2 aromatic carbocycles. The van der Waals surface area contributed by atoms with Crippen molar-refractivity contribution in [2.75, 3.05) is 13.1 Å². The Labute approximate surface area is 161 Å². The molecule has 0 unspecified atom stereocenters. The van der Waals surface area contributed by atoms with Gasteiger partial charge in [-0.15, -0.1) is 0 Å². The van der Waals surface area contributed by atoms with Crippen LogP contribution in [-0.2, 0) is 11.2 Å². The van der Waals surface area contributed by atoms with Crippen LogP contribution < -0.4 is 0 Å². The lowest BCUT2D eigenvalue weighted by Gasteiger charge is -2.32. The minimum Gasteiger partial charge on any atom is -0.361 e. The molecule has 0 bridgehead atoms. The van der Waals surface area contributed by atoms with Crippen molar-refractivity contribution >= 4 is 16.8 Å². The van der Waals surface area contributed by atoms with Gasteiger partial charge < -0.3 is 9.88 Å². The number of aromatic nitrogens is 1. The number of carbonyl (C=O) groups is 1. The van der Waals surface area contributed by atoms with Crippen molar-refractivity contribution in [2.45, 2.75) is 45.4 Å². The summed E-state index contributed by atoms with van der Waals surface area (Å²) in [5.41, 5.74) is 6.48. The zero-order chi connectivity index (χ0) is 18.8. The van der Waals surface area contributed by atoms with Crippen molar-refractivity contribution in [1.82, 2.24) is 9.88 Å². The monoisotopic (exact) mass is 360 g/mol. The number of aromatic amines is 1. The van der Waals surface area contributed by atoms with Crippen molar-refractivity contribution < 1.29 is 4.79 Å². The maximum absolute atomic E-state index is 12.7. The molecule has 1 fully saturated rings. The fraction of sp³-hybridized carbons (Fsp3) is 0.375. The largest absolute Gasteiger partial charge is 0.361 e. The number of piperidine rings is 1. The van der Waals surface area contributed by atoms with Gasteiger partial charge in [-0.3, -0.25) is 4.79 Å². The van der Waals surface area contributed by atoms with Gasteiger partial charge in [-0.2, -0.15) is 0 Å². The van der Waals surface area contributed by atoms with E-state index in [4.69, 9.17) is 0 Å². The number of likely N-dealkylation sites (tertiary alicyclic amines) is 1. The summed E-state index contributed by atoms with van der Waals surface area (Å²) in [6.45, 7) is 5.99. The average molecular weight is 361 g/mol. The highest BCUT2D eigenvalue weighted by Crippen LogP contribution is 2.33. The topological polar surface area (TPSA) is 36.1 Å². The van der Waals surface area contributed by atoms with E-state index in [9.17, 15) is 4.79 Å². The smallest absolute Gasteiger partial charge is 0.222 e. The van der Waals surface area contributed by atoms with Crippen LogP contribution in [0.1, 0.15) is 47.4 Å². The Morgan fingerprint density at radius 3 is 2.67 bits per heavy atom. The van der Waals surface area contributed by atoms with Gasteiger partial charge in [-0.1, -0.05) is 42.0 Å². The standard InChI is InChI=1S/C24H28N2O/c1-17-7-8-19(18(2)15-17)9-10-24(27)26-13-11-20(12-14-26)22-16-25-23-6-4-3-5-21(22)23/h3-8,15-16,20,25H,9-14H2,1-2H3. The second kappa shape index (κ2) is 7.59. The van der Waals surface area contributed by atoms with Gasteiger partial charge in [0.1, 0.15) is 0 Å². The molecule has 1 N–H and O–H groups in total. The third-order valence-electron chi connectivity index (χ3n) is 6.02. The van der Waals surface area contributed by atoms with Crippen LogP contribution in [-0.4, -0.2) is 28.9 Å². The van der Waals surface area contributed by atoms with Gasteiger partial charge in [0.25, 0.3) is 0 Å².